The second-order valence-corrected chi connectivity index (χ2v) is 10.6. The number of hydrogen-bond donors (Lipinski definition) is 2. The van der Waals surface area contributed by atoms with Crippen molar-refractivity contribution in [3.63, 3.8) is 0 Å². The largest absolute Gasteiger partial charge is 0.295 e. The highest BCUT2D eigenvalue weighted by atomic mass is 32.2. The lowest BCUT2D eigenvalue weighted by Crippen LogP contribution is -2.29. The maximum Gasteiger partial charge on any atom is 0.295 e. The van der Waals surface area contributed by atoms with Gasteiger partial charge in [0.25, 0.3) is 20.2 Å². The van der Waals surface area contributed by atoms with Gasteiger partial charge in [-0.3, -0.25) is 9.11 Å². The molecule has 7 nitrogen and oxygen atoms in total. The van der Waals surface area contributed by atoms with Crippen molar-refractivity contribution < 1.29 is 30.5 Å². The molecule has 3 rings (SSSR count). The number of hydrogen-bond acceptors (Lipinski definition) is 4. The Morgan fingerprint density at radius 1 is 1.00 bits per heavy atom. The molecule has 0 unspecified atom stereocenters. The molecule has 2 aromatic rings. The van der Waals surface area contributed by atoms with Crippen LogP contribution in [0, 0.1) is 5.41 Å². The molecule has 0 atom stereocenters. The summed E-state index contributed by atoms with van der Waals surface area (Å²) in [6, 6.07) is 8.26. The van der Waals surface area contributed by atoms with E-state index in [1.54, 1.807) is 18.2 Å². The minimum atomic E-state index is -4.38. The van der Waals surface area contributed by atoms with Gasteiger partial charge in [0.1, 0.15) is 11.4 Å². The molecule has 2 aromatic carbocycles. The Balaban J connectivity index is 2.24. The van der Waals surface area contributed by atoms with Crippen LogP contribution in [0.2, 0.25) is 0 Å². The summed E-state index contributed by atoms with van der Waals surface area (Å²) in [6.45, 7) is 6.41. The highest BCUT2D eigenvalue weighted by molar-refractivity contribution is 7.86. The van der Waals surface area contributed by atoms with Crippen LogP contribution in [0.4, 0.5) is 5.69 Å². The molecule has 146 valence electrons. The number of nitrogens with zero attached hydrogens (tertiary/aromatic N) is 1. The molecule has 0 amide bonds. The average Bonchev–Trinajstić information content (AvgIpc) is 2.81. The summed E-state index contributed by atoms with van der Waals surface area (Å²) in [7, 11) is -8.44. The van der Waals surface area contributed by atoms with Gasteiger partial charge in [-0.05, 0) is 12.1 Å². The molecule has 0 saturated carbocycles. The summed E-state index contributed by atoms with van der Waals surface area (Å²) in [5, 5.41) is 1.14. The van der Waals surface area contributed by atoms with Gasteiger partial charge >= 0.3 is 0 Å². The van der Waals surface area contributed by atoms with Crippen molar-refractivity contribution in [2.75, 3.05) is 12.3 Å². The standard InChI is InChI=1S/C18H21NO6S2/c1-18(2,3)17-13-7-4-6-12-15(27(23,24)25)9-8-14(16(12)13)19(17)10-5-11-26(20,21)22/h4,6-9H,5,10-11H2,1-3H3,(H-,20,21,22,23,24,25)/p+1. The fourth-order valence-electron chi connectivity index (χ4n) is 3.72. The third-order valence-electron chi connectivity index (χ3n) is 4.57. The van der Waals surface area contributed by atoms with E-state index in [2.05, 4.69) is 0 Å². The first kappa shape index (κ1) is 19.9. The van der Waals surface area contributed by atoms with E-state index >= 15 is 0 Å². The van der Waals surface area contributed by atoms with Crippen molar-refractivity contribution >= 4 is 42.4 Å². The first-order valence-corrected chi connectivity index (χ1v) is 11.5. The van der Waals surface area contributed by atoms with Crippen LogP contribution in [-0.2, 0) is 20.2 Å². The van der Waals surface area contributed by atoms with E-state index in [-0.39, 0.29) is 22.5 Å². The van der Waals surface area contributed by atoms with E-state index in [1.165, 1.54) is 6.07 Å². The van der Waals surface area contributed by atoms with E-state index in [0.717, 1.165) is 17.0 Å². The zero-order chi connectivity index (χ0) is 20.2. The lowest BCUT2D eigenvalue weighted by Gasteiger charge is -2.17. The molecular weight excluding hydrogens is 390 g/mol. The van der Waals surface area contributed by atoms with Crippen molar-refractivity contribution in [3.8, 4) is 0 Å². The third-order valence-corrected chi connectivity index (χ3v) is 6.28. The summed E-state index contributed by atoms with van der Waals surface area (Å²) < 4.78 is 66.3. The van der Waals surface area contributed by atoms with E-state index in [0.29, 0.717) is 17.3 Å². The SMILES string of the molecule is CC(C)(C)C1=[N+](CCCS(=O)(=O)O)c2ccc(S(=O)(=O)O)c3cccc1c23. The first-order chi connectivity index (χ1) is 12.3. The van der Waals surface area contributed by atoms with Crippen LogP contribution >= 0.6 is 0 Å². The maximum absolute atomic E-state index is 11.8. The van der Waals surface area contributed by atoms with Crippen molar-refractivity contribution in [3.05, 3.63) is 35.9 Å². The van der Waals surface area contributed by atoms with Crippen LogP contribution in [0.3, 0.4) is 0 Å². The minimum absolute atomic E-state index is 0.156. The van der Waals surface area contributed by atoms with Crippen LogP contribution in [0.1, 0.15) is 32.8 Å². The van der Waals surface area contributed by atoms with Gasteiger partial charge in [0.2, 0.25) is 5.69 Å². The molecule has 1 heterocycles. The van der Waals surface area contributed by atoms with Gasteiger partial charge < -0.3 is 0 Å². The zero-order valence-corrected chi connectivity index (χ0v) is 16.9. The summed E-state index contributed by atoms with van der Waals surface area (Å²) in [6.07, 6.45) is 0.216. The Hall–Kier alpha value is -1.81. The van der Waals surface area contributed by atoms with E-state index in [9.17, 15) is 21.4 Å². The number of benzene rings is 2. The van der Waals surface area contributed by atoms with Crippen molar-refractivity contribution in [1.82, 2.24) is 0 Å². The average molecular weight is 413 g/mol. The molecule has 1 aliphatic heterocycles. The third kappa shape index (κ3) is 3.77. The maximum atomic E-state index is 11.8. The van der Waals surface area contributed by atoms with Gasteiger partial charge in [0.15, 0.2) is 5.71 Å². The van der Waals surface area contributed by atoms with Crippen LogP contribution in [0.15, 0.2) is 35.2 Å². The Morgan fingerprint density at radius 3 is 2.22 bits per heavy atom. The zero-order valence-electron chi connectivity index (χ0n) is 15.3. The van der Waals surface area contributed by atoms with E-state index in [4.69, 9.17) is 4.55 Å². The fourth-order valence-corrected chi connectivity index (χ4v) is 4.90. The Morgan fingerprint density at radius 2 is 1.67 bits per heavy atom. The Bertz CT molecular complexity index is 1170. The minimum Gasteiger partial charge on any atom is -0.286 e. The normalized spacial score (nSPS) is 15.0. The van der Waals surface area contributed by atoms with Gasteiger partial charge in [-0.2, -0.15) is 21.4 Å². The van der Waals surface area contributed by atoms with Gasteiger partial charge in [-0.1, -0.05) is 32.9 Å². The summed E-state index contributed by atoms with van der Waals surface area (Å²) >= 11 is 0. The monoisotopic (exact) mass is 412 g/mol. The topological polar surface area (TPSA) is 112 Å². The van der Waals surface area contributed by atoms with Gasteiger partial charge in [-0.25, -0.2) is 0 Å². The highest BCUT2D eigenvalue weighted by Gasteiger charge is 2.40. The molecule has 0 spiro atoms. The Kier molecular flexibility index (Phi) is 4.70. The van der Waals surface area contributed by atoms with Crippen molar-refractivity contribution in [1.29, 1.82) is 0 Å². The second-order valence-electron chi connectivity index (χ2n) is 7.68. The molecule has 0 radical (unpaired) electrons. The van der Waals surface area contributed by atoms with Crippen molar-refractivity contribution in [2.45, 2.75) is 32.1 Å². The van der Waals surface area contributed by atoms with Gasteiger partial charge in [0.05, 0.1) is 16.7 Å². The van der Waals surface area contributed by atoms with Crippen molar-refractivity contribution in [2.24, 2.45) is 5.41 Å². The van der Waals surface area contributed by atoms with Gasteiger partial charge in [-0.15, -0.1) is 0 Å². The molecule has 0 aliphatic carbocycles. The molecule has 0 bridgehead atoms. The molecule has 0 saturated heterocycles. The number of rotatable bonds is 5. The van der Waals surface area contributed by atoms with E-state index in [1.807, 2.05) is 31.4 Å². The predicted octanol–water partition coefficient (Wildman–Crippen LogP) is 2.86. The molecule has 9 heteroatoms. The molecular formula is C18H22NO6S2+. The summed E-state index contributed by atoms with van der Waals surface area (Å²) in [4.78, 5) is -0.156. The molecule has 2 N–H and O–H groups in total. The van der Waals surface area contributed by atoms with E-state index < -0.39 is 20.2 Å². The smallest absolute Gasteiger partial charge is 0.286 e. The summed E-state index contributed by atoms with van der Waals surface area (Å²) in [5.41, 5.74) is 2.25. The Labute approximate surface area is 158 Å². The lowest BCUT2D eigenvalue weighted by molar-refractivity contribution is -0.440. The molecule has 27 heavy (non-hydrogen) atoms. The molecule has 0 fully saturated rings. The predicted molar refractivity (Wildman–Crippen MR) is 103 cm³/mol. The highest BCUT2D eigenvalue weighted by Crippen LogP contribution is 2.42. The summed E-state index contributed by atoms with van der Waals surface area (Å²) in [5.74, 6) is -0.358. The molecule has 0 aromatic heterocycles. The first-order valence-electron chi connectivity index (χ1n) is 8.44. The fraction of sp³-hybridized carbons (Fsp3) is 0.389. The van der Waals surface area contributed by atoms with Crippen LogP contribution in [0.25, 0.3) is 10.8 Å². The van der Waals surface area contributed by atoms with Gasteiger partial charge in [0, 0.05) is 23.3 Å². The lowest BCUT2D eigenvalue weighted by atomic mass is 9.85. The molecule has 1 aliphatic rings. The van der Waals surface area contributed by atoms with Crippen LogP contribution < -0.4 is 0 Å². The van der Waals surface area contributed by atoms with Crippen LogP contribution in [0.5, 0.6) is 0 Å². The van der Waals surface area contributed by atoms with Crippen LogP contribution in [-0.4, -0.2) is 48.5 Å². The second kappa shape index (κ2) is 6.37. The quantitative estimate of drug-likeness (QED) is 0.577.